The first kappa shape index (κ1) is 39.5. The van der Waals surface area contributed by atoms with Gasteiger partial charge in [0.2, 0.25) is 17.7 Å². The predicted molar refractivity (Wildman–Crippen MR) is 171 cm³/mol. The summed E-state index contributed by atoms with van der Waals surface area (Å²) >= 11 is 0. The lowest BCUT2D eigenvalue weighted by Crippen LogP contribution is -2.58. The van der Waals surface area contributed by atoms with Gasteiger partial charge in [0.05, 0.1) is 24.4 Å². The molecule has 46 heavy (non-hydrogen) atoms. The van der Waals surface area contributed by atoms with Crippen LogP contribution in [0.4, 0.5) is 0 Å². The van der Waals surface area contributed by atoms with E-state index >= 15 is 0 Å². The van der Waals surface area contributed by atoms with E-state index in [9.17, 15) is 39.0 Å². The molecule has 5 atom stereocenters. The first-order valence-corrected chi connectivity index (χ1v) is 15.4. The van der Waals surface area contributed by atoms with Crippen molar-refractivity contribution >= 4 is 41.4 Å². The van der Waals surface area contributed by atoms with Crippen molar-refractivity contribution < 1.29 is 39.0 Å². The van der Waals surface area contributed by atoms with Gasteiger partial charge in [-0.3, -0.25) is 33.8 Å². The van der Waals surface area contributed by atoms with E-state index in [1.807, 2.05) is 6.92 Å². The van der Waals surface area contributed by atoms with Gasteiger partial charge in [-0.05, 0) is 37.2 Å². The Labute approximate surface area is 269 Å². The maximum Gasteiger partial charge on any atom is 0.307 e. The number of carbonyl (C=O) groups excluding carboxylic acids is 4. The minimum Gasteiger partial charge on any atom is -0.481 e. The number of aliphatic carboxylic acids is 2. The Morgan fingerprint density at radius 1 is 0.826 bits per heavy atom. The molecule has 15 heteroatoms. The maximum absolute atomic E-state index is 13.3. The fourth-order valence-corrected chi connectivity index (χ4v) is 4.65. The van der Waals surface area contributed by atoms with Crippen molar-refractivity contribution in [1.29, 1.82) is 0 Å². The van der Waals surface area contributed by atoms with Crippen LogP contribution in [0.2, 0.25) is 0 Å². The number of benzene rings is 1. The Kier molecular flexibility index (Phi) is 17.6. The van der Waals surface area contributed by atoms with Gasteiger partial charge in [0.25, 0.3) is 0 Å². The van der Waals surface area contributed by atoms with Crippen molar-refractivity contribution in [2.24, 2.45) is 34.0 Å². The molecular formula is C31H49N7O8. The highest BCUT2D eigenvalue weighted by atomic mass is 16.4. The van der Waals surface area contributed by atoms with Crippen LogP contribution in [0.5, 0.6) is 0 Å². The van der Waals surface area contributed by atoms with Crippen molar-refractivity contribution in [1.82, 2.24) is 16.0 Å². The number of ketones is 1. The molecule has 0 heterocycles. The molecule has 1 aromatic rings. The van der Waals surface area contributed by atoms with Gasteiger partial charge in [0.15, 0.2) is 11.7 Å². The Hall–Kier alpha value is -4.53. The summed E-state index contributed by atoms with van der Waals surface area (Å²) < 4.78 is 0. The number of aliphatic imine (C=N–C) groups is 1. The van der Waals surface area contributed by atoms with Gasteiger partial charge >= 0.3 is 11.9 Å². The molecule has 3 amide bonds. The molecule has 0 aromatic heterocycles. The highest BCUT2D eigenvalue weighted by Gasteiger charge is 2.34. The molecule has 0 fully saturated rings. The molecule has 15 nitrogen and oxygen atoms in total. The summed E-state index contributed by atoms with van der Waals surface area (Å²) in [6.45, 7) is 5.44. The molecule has 0 radical (unpaired) electrons. The van der Waals surface area contributed by atoms with E-state index in [0.29, 0.717) is 19.3 Å². The number of hydrogen-bond donors (Lipinski definition) is 8. The van der Waals surface area contributed by atoms with Crippen LogP contribution in [-0.2, 0) is 35.2 Å². The summed E-state index contributed by atoms with van der Waals surface area (Å²) in [5.41, 5.74) is 17.3. The zero-order valence-electron chi connectivity index (χ0n) is 26.7. The van der Waals surface area contributed by atoms with Crippen LogP contribution < -0.4 is 33.2 Å². The molecule has 0 aliphatic heterocycles. The molecule has 0 spiro atoms. The first-order chi connectivity index (χ1) is 21.7. The monoisotopic (exact) mass is 647 g/mol. The van der Waals surface area contributed by atoms with Gasteiger partial charge in [-0.15, -0.1) is 0 Å². The Bertz CT molecular complexity index is 1200. The van der Waals surface area contributed by atoms with Crippen LogP contribution >= 0.6 is 0 Å². The highest BCUT2D eigenvalue weighted by molar-refractivity contribution is 5.97. The van der Waals surface area contributed by atoms with Crippen molar-refractivity contribution in [3.05, 3.63) is 35.9 Å². The smallest absolute Gasteiger partial charge is 0.307 e. The predicted octanol–water partition coefficient (Wildman–Crippen LogP) is 0.0453. The van der Waals surface area contributed by atoms with Gasteiger partial charge in [0.1, 0.15) is 12.1 Å². The van der Waals surface area contributed by atoms with Crippen molar-refractivity contribution in [3.8, 4) is 0 Å². The minimum atomic E-state index is -1.59. The number of carboxylic acids is 2. The Balaban J connectivity index is 3.03. The summed E-state index contributed by atoms with van der Waals surface area (Å²) in [7, 11) is 0. The molecule has 256 valence electrons. The van der Waals surface area contributed by atoms with Gasteiger partial charge in [-0.2, -0.15) is 0 Å². The van der Waals surface area contributed by atoms with Crippen LogP contribution in [0.1, 0.15) is 71.3 Å². The Morgan fingerprint density at radius 3 is 1.98 bits per heavy atom. The van der Waals surface area contributed by atoms with E-state index in [1.165, 1.54) is 0 Å². The number of Topliss-reactive ketones (excluding diaryl/α,β-unsaturated/α-hetero) is 1. The molecular weight excluding hydrogens is 598 g/mol. The van der Waals surface area contributed by atoms with Crippen molar-refractivity contribution in [3.63, 3.8) is 0 Å². The largest absolute Gasteiger partial charge is 0.481 e. The molecule has 1 rings (SSSR count). The lowest BCUT2D eigenvalue weighted by Gasteiger charge is -2.27. The molecule has 0 aliphatic carbocycles. The van der Waals surface area contributed by atoms with E-state index < -0.39 is 77.9 Å². The summed E-state index contributed by atoms with van der Waals surface area (Å²) in [5, 5.41) is 26.7. The average molecular weight is 648 g/mol. The average Bonchev–Trinajstić information content (AvgIpc) is 2.98. The van der Waals surface area contributed by atoms with Gasteiger partial charge in [-0.1, -0.05) is 63.9 Å². The van der Waals surface area contributed by atoms with Crippen molar-refractivity contribution in [2.75, 3.05) is 6.54 Å². The number of nitrogens with zero attached hydrogens (tertiary/aromatic N) is 1. The molecule has 1 aromatic carbocycles. The quantitative estimate of drug-likeness (QED) is 0.0473. The number of rotatable bonds is 22. The van der Waals surface area contributed by atoms with Crippen LogP contribution in [0, 0.1) is 11.8 Å². The van der Waals surface area contributed by atoms with Crippen LogP contribution in [-0.4, -0.2) is 82.3 Å². The number of amides is 3. The highest BCUT2D eigenvalue weighted by Crippen LogP contribution is 2.17. The summed E-state index contributed by atoms with van der Waals surface area (Å²) in [6.07, 6.45) is 0.975. The summed E-state index contributed by atoms with van der Waals surface area (Å²) in [4.78, 5) is 80.0. The van der Waals surface area contributed by atoms with Gasteiger partial charge < -0.3 is 43.4 Å². The zero-order valence-corrected chi connectivity index (χ0v) is 26.7. The van der Waals surface area contributed by atoms with Gasteiger partial charge in [0, 0.05) is 13.0 Å². The molecule has 0 saturated heterocycles. The van der Waals surface area contributed by atoms with E-state index in [2.05, 4.69) is 20.9 Å². The first-order valence-electron chi connectivity index (χ1n) is 15.4. The lowest BCUT2D eigenvalue weighted by molar-refractivity contribution is -0.144. The van der Waals surface area contributed by atoms with Crippen molar-refractivity contribution in [2.45, 2.75) is 96.3 Å². The molecule has 0 aliphatic rings. The third-order valence-corrected chi connectivity index (χ3v) is 7.23. The van der Waals surface area contributed by atoms with Crippen LogP contribution in [0.15, 0.2) is 35.3 Å². The van der Waals surface area contributed by atoms with Gasteiger partial charge in [-0.25, -0.2) is 0 Å². The topological polar surface area (TPSA) is 269 Å². The van der Waals surface area contributed by atoms with E-state index in [0.717, 1.165) is 5.56 Å². The maximum atomic E-state index is 13.3. The lowest BCUT2D eigenvalue weighted by atomic mass is 9.89. The molecule has 11 N–H and O–H groups in total. The number of nitrogens with one attached hydrogen (secondary N) is 3. The number of carbonyl (C=O) groups is 6. The second kappa shape index (κ2) is 20.5. The Morgan fingerprint density at radius 2 is 1.43 bits per heavy atom. The standard InChI is InChI=1S/C31H49N7O8/c1-4-5-13-22(36-27(42)21(32)12-9-14-35-31(33)34)28(43)37-23(17-25(40)41)29(44)38-26(18(2)3)24(39)16-20(30(45)46)15-19-10-7-6-8-11-19/h6-8,10-11,18,20-23,26H,4-5,9,12-17,32H2,1-3H3,(H,36,42)(H,37,43)(H,38,44)(H,40,41)(H,45,46)(H4,33,34,35)/t20?,21-,22-,23-,26-/m0/s1. The second-order valence-electron chi connectivity index (χ2n) is 11.5. The third kappa shape index (κ3) is 15.0. The molecule has 0 saturated carbocycles. The number of hydrogen-bond acceptors (Lipinski definition) is 8. The number of guanidine groups is 1. The number of carboxylic acid groups (broad SMARTS) is 2. The van der Waals surface area contributed by atoms with Crippen LogP contribution in [0.3, 0.4) is 0 Å². The normalized spacial score (nSPS) is 14.2. The van der Waals surface area contributed by atoms with E-state index in [1.54, 1.807) is 44.2 Å². The zero-order chi connectivity index (χ0) is 34.8. The SMILES string of the molecule is CCCC[C@H](NC(=O)[C@@H](N)CCCN=C(N)N)C(=O)N[C@@H](CC(=O)O)C(=O)N[C@H](C(=O)CC(Cc1ccccc1)C(=O)O)C(C)C. The molecule has 0 bridgehead atoms. The fraction of sp³-hybridized carbons (Fsp3) is 0.581. The third-order valence-electron chi connectivity index (χ3n) is 7.23. The minimum absolute atomic E-state index is 0.0918. The fourth-order valence-electron chi connectivity index (χ4n) is 4.65. The molecule has 1 unspecified atom stereocenters. The van der Waals surface area contributed by atoms with E-state index in [4.69, 9.17) is 17.2 Å². The number of unbranched alkanes of at least 4 members (excludes halogenated alkanes) is 1. The summed E-state index contributed by atoms with van der Waals surface area (Å²) in [5.74, 6) is -7.08. The van der Waals surface area contributed by atoms with Crippen LogP contribution in [0.25, 0.3) is 0 Å². The van der Waals surface area contributed by atoms with E-state index in [-0.39, 0.29) is 38.2 Å². The number of nitrogens with two attached hydrogens (primary N) is 3. The second-order valence-corrected chi connectivity index (χ2v) is 11.5. The summed E-state index contributed by atoms with van der Waals surface area (Å²) in [6, 6.07) is 3.98.